The van der Waals surface area contributed by atoms with Crippen LogP contribution in [0.2, 0.25) is 0 Å². The first-order valence-electron chi connectivity index (χ1n) is 8.98. The zero-order valence-corrected chi connectivity index (χ0v) is 15.2. The first-order valence-corrected chi connectivity index (χ1v) is 8.98. The topological polar surface area (TPSA) is 62.8 Å². The van der Waals surface area contributed by atoms with Gasteiger partial charge in [0.2, 0.25) is 5.91 Å². The predicted molar refractivity (Wildman–Crippen MR) is 105 cm³/mol. The number of carbonyl (C=O) groups is 1. The molecule has 1 amide bonds. The highest BCUT2D eigenvalue weighted by molar-refractivity contribution is 5.93. The molecule has 1 heterocycles. The summed E-state index contributed by atoms with van der Waals surface area (Å²) in [6.45, 7) is 7.46. The molecule has 2 aromatic rings. The lowest BCUT2D eigenvalue weighted by atomic mass is 10.2. The molecule has 3 rings (SSSR count). The van der Waals surface area contributed by atoms with Crippen LogP contribution in [0.4, 0.5) is 17.1 Å². The minimum Gasteiger partial charge on any atom is -0.486 e. The van der Waals surface area contributed by atoms with Crippen molar-refractivity contribution in [3.8, 4) is 11.5 Å². The largest absolute Gasteiger partial charge is 0.486 e. The summed E-state index contributed by atoms with van der Waals surface area (Å²) in [5.74, 6) is 1.34. The van der Waals surface area contributed by atoms with E-state index in [0.717, 1.165) is 35.9 Å². The third kappa shape index (κ3) is 4.39. The second-order valence-corrected chi connectivity index (χ2v) is 5.98. The Kier molecular flexibility index (Phi) is 5.84. The lowest BCUT2D eigenvalue weighted by molar-refractivity contribution is -0.114. The SMILES string of the molecule is CCN(CC)c1ccc(NC(=O)CNc2ccc3c(c2)OCCO3)cc1. The van der Waals surface area contributed by atoms with Crippen LogP contribution in [0.5, 0.6) is 11.5 Å². The summed E-state index contributed by atoms with van der Waals surface area (Å²) in [5, 5.41) is 6.01. The molecule has 1 aliphatic heterocycles. The Morgan fingerprint density at radius 3 is 2.31 bits per heavy atom. The number of benzene rings is 2. The van der Waals surface area contributed by atoms with E-state index in [1.54, 1.807) is 0 Å². The van der Waals surface area contributed by atoms with E-state index >= 15 is 0 Å². The Morgan fingerprint density at radius 1 is 0.962 bits per heavy atom. The van der Waals surface area contributed by atoms with Gasteiger partial charge >= 0.3 is 0 Å². The molecule has 6 heteroatoms. The smallest absolute Gasteiger partial charge is 0.243 e. The molecule has 0 fully saturated rings. The molecule has 2 N–H and O–H groups in total. The standard InChI is InChI=1S/C20H25N3O3/c1-3-23(4-2)17-8-5-15(6-9-17)22-20(24)14-21-16-7-10-18-19(13-16)26-12-11-25-18/h5-10,13,21H,3-4,11-12,14H2,1-2H3,(H,22,24). The van der Waals surface area contributed by atoms with Crippen molar-refractivity contribution >= 4 is 23.0 Å². The average Bonchev–Trinajstić information content (AvgIpc) is 2.68. The quantitative estimate of drug-likeness (QED) is 0.797. The first-order chi connectivity index (χ1) is 12.7. The number of fused-ring (bicyclic) bond motifs is 1. The van der Waals surface area contributed by atoms with Crippen molar-refractivity contribution in [1.82, 2.24) is 0 Å². The zero-order chi connectivity index (χ0) is 18.4. The maximum absolute atomic E-state index is 12.2. The van der Waals surface area contributed by atoms with Crippen molar-refractivity contribution in [2.24, 2.45) is 0 Å². The highest BCUT2D eigenvalue weighted by Gasteiger charge is 2.12. The van der Waals surface area contributed by atoms with Crippen LogP contribution in [0.15, 0.2) is 42.5 Å². The summed E-state index contributed by atoms with van der Waals surface area (Å²) in [6.07, 6.45) is 0. The van der Waals surface area contributed by atoms with Crippen LogP contribution in [0.25, 0.3) is 0 Å². The van der Waals surface area contributed by atoms with E-state index in [9.17, 15) is 4.79 Å². The average molecular weight is 355 g/mol. The van der Waals surface area contributed by atoms with Gasteiger partial charge in [-0.1, -0.05) is 0 Å². The fourth-order valence-corrected chi connectivity index (χ4v) is 2.89. The number of nitrogens with one attached hydrogen (secondary N) is 2. The summed E-state index contributed by atoms with van der Waals surface area (Å²) in [5.41, 5.74) is 2.76. The molecule has 0 bridgehead atoms. The maximum Gasteiger partial charge on any atom is 0.243 e. The lowest BCUT2D eigenvalue weighted by Gasteiger charge is -2.21. The summed E-state index contributed by atoms with van der Waals surface area (Å²) in [4.78, 5) is 14.4. The molecule has 0 aliphatic carbocycles. The minimum atomic E-state index is -0.101. The van der Waals surface area contributed by atoms with Crippen LogP contribution in [0.3, 0.4) is 0 Å². The van der Waals surface area contributed by atoms with Gasteiger partial charge in [-0.05, 0) is 50.2 Å². The van der Waals surface area contributed by atoms with Crippen molar-refractivity contribution < 1.29 is 14.3 Å². The Morgan fingerprint density at radius 2 is 1.62 bits per heavy atom. The molecule has 0 radical (unpaired) electrons. The van der Waals surface area contributed by atoms with E-state index in [0.29, 0.717) is 19.0 Å². The van der Waals surface area contributed by atoms with Gasteiger partial charge in [0.05, 0.1) is 6.54 Å². The monoisotopic (exact) mass is 355 g/mol. The minimum absolute atomic E-state index is 0.101. The van der Waals surface area contributed by atoms with Gasteiger partial charge in [0.25, 0.3) is 0 Å². The highest BCUT2D eigenvalue weighted by Crippen LogP contribution is 2.32. The molecule has 0 saturated carbocycles. The van der Waals surface area contributed by atoms with E-state index in [-0.39, 0.29) is 12.5 Å². The van der Waals surface area contributed by atoms with Gasteiger partial charge in [-0.15, -0.1) is 0 Å². The summed E-state index contributed by atoms with van der Waals surface area (Å²) in [6, 6.07) is 13.5. The molecule has 2 aromatic carbocycles. The van der Waals surface area contributed by atoms with E-state index in [1.807, 2.05) is 42.5 Å². The van der Waals surface area contributed by atoms with E-state index in [1.165, 1.54) is 0 Å². The molecule has 0 atom stereocenters. The van der Waals surface area contributed by atoms with Gasteiger partial charge in [-0.25, -0.2) is 0 Å². The maximum atomic E-state index is 12.2. The lowest BCUT2D eigenvalue weighted by Crippen LogP contribution is -2.23. The van der Waals surface area contributed by atoms with Gasteiger partial charge in [-0.3, -0.25) is 4.79 Å². The molecule has 0 saturated heterocycles. The first kappa shape index (κ1) is 17.9. The van der Waals surface area contributed by atoms with Gasteiger partial charge in [-0.2, -0.15) is 0 Å². The molecule has 0 spiro atoms. The van der Waals surface area contributed by atoms with Gasteiger partial charge in [0.15, 0.2) is 11.5 Å². The molecule has 6 nitrogen and oxygen atoms in total. The number of nitrogens with zero attached hydrogens (tertiary/aromatic N) is 1. The van der Waals surface area contributed by atoms with Crippen LogP contribution in [-0.2, 0) is 4.79 Å². The van der Waals surface area contributed by atoms with Crippen LogP contribution < -0.4 is 25.0 Å². The number of carbonyl (C=O) groups excluding carboxylic acids is 1. The molecule has 138 valence electrons. The zero-order valence-electron chi connectivity index (χ0n) is 15.2. The fraction of sp³-hybridized carbons (Fsp3) is 0.350. The van der Waals surface area contributed by atoms with Crippen molar-refractivity contribution in [2.45, 2.75) is 13.8 Å². The van der Waals surface area contributed by atoms with Gasteiger partial charge in [0.1, 0.15) is 13.2 Å². The number of rotatable bonds is 7. The van der Waals surface area contributed by atoms with Crippen LogP contribution >= 0.6 is 0 Å². The van der Waals surface area contributed by atoms with Crippen molar-refractivity contribution in [3.05, 3.63) is 42.5 Å². The number of anilines is 3. The molecule has 0 aromatic heterocycles. The number of amides is 1. The number of hydrogen-bond donors (Lipinski definition) is 2. The van der Waals surface area contributed by atoms with Crippen LogP contribution in [-0.4, -0.2) is 38.8 Å². The van der Waals surface area contributed by atoms with E-state index < -0.39 is 0 Å². The van der Waals surface area contributed by atoms with Crippen LogP contribution in [0.1, 0.15) is 13.8 Å². The van der Waals surface area contributed by atoms with Gasteiger partial charge < -0.3 is 25.0 Å². The number of hydrogen-bond acceptors (Lipinski definition) is 5. The Bertz CT molecular complexity index is 742. The number of ether oxygens (including phenoxy) is 2. The molecular formula is C20H25N3O3. The summed E-state index contributed by atoms with van der Waals surface area (Å²) < 4.78 is 11.0. The van der Waals surface area contributed by atoms with Crippen molar-refractivity contribution in [3.63, 3.8) is 0 Å². The van der Waals surface area contributed by atoms with Crippen LogP contribution in [0, 0.1) is 0 Å². The summed E-state index contributed by atoms with van der Waals surface area (Å²) >= 11 is 0. The third-order valence-corrected chi connectivity index (χ3v) is 4.27. The summed E-state index contributed by atoms with van der Waals surface area (Å²) in [7, 11) is 0. The molecule has 0 unspecified atom stereocenters. The fourth-order valence-electron chi connectivity index (χ4n) is 2.89. The second kappa shape index (κ2) is 8.47. The van der Waals surface area contributed by atoms with Crippen molar-refractivity contribution in [2.75, 3.05) is 48.4 Å². The Balaban J connectivity index is 1.52. The molecule has 26 heavy (non-hydrogen) atoms. The van der Waals surface area contributed by atoms with E-state index in [2.05, 4.69) is 29.4 Å². The molecular weight excluding hydrogens is 330 g/mol. The normalized spacial score (nSPS) is 12.4. The second-order valence-electron chi connectivity index (χ2n) is 5.98. The van der Waals surface area contributed by atoms with E-state index in [4.69, 9.17) is 9.47 Å². The predicted octanol–water partition coefficient (Wildman–Crippen LogP) is 3.35. The van der Waals surface area contributed by atoms with Gasteiger partial charge in [0, 0.05) is 36.2 Å². The third-order valence-electron chi connectivity index (χ3n) is 4.27. The Labute approximate surface area is 154 Å². The highest BCUT2D eigenvalue weighted by atomic mass is 16.6. The molecule has 1 aliphatic rings. The van der Waals surface area contributed by atoms with Crippen molar-refractivity contribution in [1.29, 1.82) is 0 Å². The Hall–Kier alpha value is -2.89.